The number of anilines is 1. The molecule has 1 saturated heterocycles. The van der Waals surface area contributed by atoms with E-state index in [0.717, 1.165) is 24.8 Å². The van der Waals surface area contributed by atoms with Crippen LogP contribution in [0.1, 0.15) is 77.7 Å². The number of nitrogens with zero attached hydrogens (tertiary/aromatic N) is 2. The number of ether oxygens (including phenoxy) is 2. The van der Waals surface area contributed by atoms with Crippen molar-refractivity contribution in [1.29, 1.82) is 0 Å². The third-order valence-electron chi connectivity index (χ3n) is 9.04. The van der Waals surface area contributed by atoms with Crippen molar-refractivity contribution in [2.75, 3.05) is 25.0 Å². The highest BCUT2D eigenvalue weighted by Gasteiger charge is 2.38. The number of hydrogen-bond donors (Lipinski definition) is 2. The van der Waals surface area contributed by atoms with E-state index in [-0.39, 0.29) is 66.9 Å². The first-order valence-electron chi connectivity index (χ1n) is 16.9. The summed E-state index contributed by atoms with van der Waals surface area (Å²) in [6, 6.07) is 6.25. The van der Waals surface area contributed by atoms with Crippen molar-refractivity contribution in [3.63, 3.8) is 0 Å². The Hall–Kier alpha value is -4.32. The number of carbonyl (C=O) groups excluding carboxylic acids is 6. The lowest BCUT2D eigenvalue weighted by molar-refractivity contribution is -0.137. The van der Waals surface area contributed by atoms with Crippen molar-refractivity contribution in [3.05, 3.63) is 54.1 Å². The first kappa shape index (κ1) is 36.5. The van der Waals surface area contributed by atoms with Crippen molar-refractivity contribution in [3.8, 4) is 0 Å². The average molecular weight is 665 g/mol. The zero-order chi connectivity index (χ0) is 34.8. The predicted octanol–water partition coefficient (Wildman–Crippen LogP) is 4.50. The Bertz CT molecular complexity index is 1390. The van der Waals surface area contributed by atoms with Gasteiger partial charge in [0.1, 0.15) is 12.8 Å². The van der Waals surface area contributed by atoms with Gasteiger partial charge in [-0.15, -0.1) is 0 Å². The molecule has 4 atom stereocenters. The van der Waals surface area contributed by atoms with Crippen molar-refractivity contribution in [1.82, 2.24) is 15.1 Å². The number of ketones is 1. The Morgan fingerprint density at radius 1 is 1.02 bits per heavy atom. The quantitative estimate of drug-likeness (QED) is 0.149. The van der Waals surface area contributed by atoms with Crippen molar-refractivity contribution >= 4 is 41.2 Å². The fourth-order valence-corrected chi connectivity index (χ4v) is 6.23. The predicted molar refractivity (Wildman–Crippen MR) is 178 cm³/mol. The molecular weight excluding hydrogens is 616 g/mol. The summed E-state index contributed by atoms with van der Waals surface area (Å²) in [6.07, 6.45) is 6.56. The largest absolute Gasteiger partial charge is 0.444 e. The molecule has 2 N–H and O–H groups in total. The van der Waals surface area contributed by atoms with Crippen molar-refractivity contribution in [2.45, 2.75) is 91.0 Å². The molecular formula is C36H48N4O8. The number of allylic oxidation sites excluding steroid dienone is 1. The Morgan fingerprint density at radius 3 is 2.38 bits per heavy atom. The van der Waals surface area contributed by atoms with Gasteiger partial charge in [0.2, 0.25) is 11.8 Å². The number of carbonyl (C=O) groups is 6. The zero-order valence-electron chi connectivity index (χ0n) is 28.2. The lowest BCUT2D eigenvalue weighted by Crippen LogP contribution is -2.45. The monoisotopic (exact) mass is 664 g/mol. The summed E-state index contributed by atoms with van der Waals surface area (Å²) in [4.78, 5) is 77.5. The topological polar surface area (TPSA) is 151 Å². The molecule has 12 nitrogen and oxygen atoms in total. The molecule has 48 heavy (non-hydrogen) atoms. The highest BCUT2D eigenvalue weighted by atomic mass is 16.6. The zero-order valence-corrected chi connectivity index (χ0v) is 28.2. The molecule has 1 aliphatic carbocycles. The van der Waals surface area contributed by atoms with Crippen molar-refractivity contribution in [2.24, 2.45) is 17.8 Å². The highest BCUT2D eigenvalue weighted by molar-refractivity contribution is 6.12. The first-order chi connectivity index (χ1) is 22.9. The van der Waals surface area contributed by atoms with Crippen LogP contribution in [0.5, 0.6) is 0 Å². The van der Waals surface area contributed by atoms with E-state index in [9.17, 15) is 28.8 Å². The van der Waals surface area contributed by atoms with Gasteiger partial charge in [0.05, 0.1) is 19.2 Å². The van der Waals surface area contributed by atoms with Crippen LogP contribution in [0.25, 0.3) is 0 Å². The van der Waals surface area contributed by atoms with Crippen LogP contribution in [0.3, 0.4) is 0 Å². The summed E-state index contributed by atoms with van der Waals surface area (Å²) in [5.74, 6) is -1.98. The van der Waals surface area contributed by atoms with E-state index in [4.69, 9.17) is 9.47 Å². The Labute approximate surface area is 282 Å². The highest BCUT2D eigenvalue weighted by Crippen LogP contribution is 2.35. The number of rotatable bonds is 16. The fourth-order valence-electron chi connectivity index (χ4n) is 6.23. The van der Waals surface area contributed by atoms with Crippen LogP contribution < -0.4 is 10.6 Å². The van der Waals surface area contributed by atoms with Gasteiger partial charge in [-0.2, -0.15) is 0 Å². The van der Waals surface area contributed by atoms with E-state index < -0.39 is 18.1 Å². The van der Waals surface area contributed by atoms with Crippen LogP contribution in [0.2, 0.25) is 0 Å². The molecule has 1 unspecified atom stereocenters. The number of hydrogen-bond acceptors (Lipinski definition) is 8. The van der Waals surface area contributed by atoms with E-state index >= 15 is 0 Å². The van der Waals surface area contributed by atoms with E-state index in [1.54, 1.807) is 36.1 Å². The summed E-state index contributed by atoms with van der Waals surface area (Å²) in [5, 5.41) is 5.65. The van der Waals surface area contributed by atoms with Gasteiger partial charge in [-0.1, -0.05) is 51.5 Å². The molecule has 2 heterocycles. The van der Waals surface area contributed by atoms with Gasteiger partial charge in [0.25, 0.3) is 11.8 Å². The summed E-state index contributed by atoms with van der Waals surface area (Å²) >= 11 is 0. The number of nitrogens with one attached hydrogen (secondary N) is 2. The lowest BCUT2D eigenvalue weighted by atomic mass is 9.92. The van der Waals surface area contributed by atoms with Gasteiger partial charge in [-0.05, 0) is 55.7 Å². The Kier molecular flexibility index (Phi) is 13.1. The first-order valence-corrected chi connectivity index (χ1v) is 16.9. The molecule has 0 radical (unpaired) electrons. The molecule has 0 bridgehead atoms. The minimum Gasteiger partial charge on any atom is -0.444 e. The number of amides is 5. The van der Waals surface area contributed by atoms with Gasteiger partial charge >= 0.3 is 6.09 Å². The second-order valence-electron chi connectivity index (χ2n) is 13.3. The van der Waals surface area contributed by atoms with Gasteiger partial charge in [0.15, 0.2) is 5.78 Å². The molecule has 1 aromatic rings. The standard InChI is InChI=1S/C36H48N4O8/c1-23(2)33(38-30(42)8-6-5-7-17-39-31(43)15-16-32(39)44)29(41)21-25(4)34(45)37-28-13-10-26(11-14-28)22-48-36(46)40-18-19-47-35(40)27-12-9-24(3)20-27/h10-11,13-16,23,25,27,33,35H,3,5-9,12,17-22H2,1-2,4H3,(H,37,45)(H,38,42)/t25-,27+,33+,35?/m1/s1. The molecule has 12 heteroatoms. The molecule has 3 aliphatic rings. The maximum atomic E-state index is 13.1. The SMILES string of the molecule is C=C1CC[C@H](C2OCCN2C(=O)OCc2ccc(NC(=O)[C@H](C)CC(=O)[C@@H](NC(=O)CCCCCN3C(=O)C=CC3=O)C(C)C)cc2)C1. The third-order valence-corrected chi connectivity index (χ3v) is 9.04. The Balaban J connectivity index is 1.16. The number of benzene rings is 1. The van der Waals surface area contributed by atoms with Gasteiger partial charge < -0.3 is 20.1 Å². The summed E-state index contributed by atoms with van der Waals surface area (Å²) in [6.45, 7) is 10.8. The molecule has 0 aromatic heterocycles. The molecule has 2 aliphatic heterocycles. The van der Waals surface area contributed by atoms with Crippen LogP contribution in [-0.2, 0) is 40.1 Å². The van der Waals surface area contributed by atoms with E-state index in [0.29, 0.717) is 44.6 Å². The smallest absolute Gasteiger partial charge is 0.412 e. The third kappa shape index (κ3) is 10.1. The molecule has 0 spiro atoms. The lowest BCUT2D eigenvalue weighted by Gasteiger charge is -2.27. The van der Waals surface area contributed by atoms with Crippen LogP contribution in [0.4, 0.5) is 10.5 Å². The number of unbranched alkanes of at least 4 members (excludes halogenated alkanes) is 2. The molecule has 2 fully saturated rings. The van der Waals surface area contributed by atoms with Crippen LogP contribution in [-0.4, -0.2) is 77.3 Å². The van der Waals surface area contributed by atoms with E-state index in [1.807, 2.05) is 13.8 Å². The van der Waals surface area contributed by atoms with E-state index in [1.165, 1.54) is 22.6 Å². The summed E-state index contributed by atoms with van der Waals surface area (Å²) < 4.78 is 11.4. The Morgan fingerprint density at radius 2 is 1.73 bits per heavy atom. The van der Waals surface area contributed by atoms with Gasteiger partial charge in [-0.3, -0.25) is 33.8 Å². The minimum absolute atomic E-state index is 0.0366. The maximum Gasteiger partial charge on any atom is 0.412 e. The van der Waals surface area contributed by atoms with Crippen LogP contribution in [0, 0.1) is 17.8 Å². The second-order valence-corrected chi connectivity index (χ2v) is 13.3. The molecule has 4 rings (SSSR count). The number of imide groups is 1. The second kappa shape index (κ2) is 17.2. The minimum atomic E-state index is -0.722. The summed E-state index contributed by atoms with van der Waals surface area (Å²) in [7, 11) is 0. The molecule has 1 aromatic carbocycles. The fraction of sp³-hybridized carbons (Fsp3) is 0.556. The molecule has 5 amide bonds. The molecule has 1 saturated carbocycles. The van der Waals surface area contributed by atoms with Gasteiger partial charge in [0, 0.05) is 49.1 Å². The summed E-state index contributed by atoms with van der Waals surface area (Å²) in [5.41, 5.74) is 2.50. The van der Waals surface area contributed by atoms with E-state index in [2.05, 4.69) is 17.2 Å². The van der Waals surface area contributed by atoms with Crippen LogP contribution in [0.15, 0.2) is 48.6 Å². The normalized spacial score (nSPS) is 20.4. The molecule has 260 valence electrons. The average Bonchev–Trinajstić information content (AvgIpc) is 3.79. The number of Topliss-reactive ketones (excluding diaryl/α,β-unsaturated/α-hetero) is 1. The van der Waals surface area contributed by atoms with Gasteiger partial charge in [-0.25, -0.2) is 4.79 Å². The van der Waals surface area contributed by atoms with Crippen molar-refractivity contribution < 1.29 is 38.2 Å². The van der Waals surface area contributed by atoms with Crippen LogP contribution >= 0.6 is 0 Å². The maximum absolute atomic E-state index is 13.1.